The van der Waals surface area contributed by atoms with Gasteiger partial charge in [-0.05, 0) is 47.4 Å². The van der Waals surface area contributed by atoms with Crippen LogP contribution in [0.25, 0.3) is 11.1 Å². The molecule has 180 valence electrons. The molecule has 0 aromatic heterocycles. The van der Waals surface area contributed by atoms with Crippen LogP contribution in [0.2, 0.25) is 0 Å². The van der Waals surface area contributed by atoms with Gasteiger partial charge >= 0.3 is 12.1 Å². The predicted molar refractivity (Wildman–Crippen MR) is 128 cm³/mol. The first-order valence-corrected chi connectivity index (χ1v) is 12.1. The molecular formula is C27H32N2O5. The average molecular weight is 465 g/mol. The molecule has 34 heavy (non-hydrogen) atoms. The zero-order valence-electron chi connectivity index (χ0n) is 19.5. The molecular weight excluding hydrogens is 432 g/mol. The zero-order valence-corrected chi connectivity index (χ0v) is 19.5. The number of carboxylic acids is 1. The Kier molecular flexibility index (Phi) is 7.50. The maximum atomic E-state index is 12.7. The summed E-state index contributed by atoms with van der Waals surface area (Å²) in [4.78, 5) is 36.6. The summed E-state index contributed by atoms with van der Waals surface area (Å²) in [6.07, 6.45) is 3.24. The number of amides is 2. The SMILES string of the molecule is CCC(NC(=O)[C@H]1CCCC[C@H]1CNC(=O)OCC1c2ccccc2-c2ccccc21)C(=O)O. The summed E-state index contributed by atoms with van der Waals surface area (Å²) in [5, 5.41) is 14.7. The van der Waals surface area contributed by atoms with Gasteiger partial charge in [0.15, 0.2) is 0 Å². The number of carboxylic acid groups (broad SMARTS) is 1. The van der Waals surface area contributed by atoms with Crippen LogP contribution in [-0.2, 0) is 14.3 Å². The monoisotopic (exact) mass is 464 g/mol. The Balaban J connectivity index is 1.33. The molecule has 2 amide bonds. The summed E-state index contributed by atoms with van der Waals surface area (Å²) in [6.45, 7) is 2.31. The van der Waals surface area contributed by atoms with Gasteiger partial charge in [-0.2, -0.15) is 0 Å². The number of hydrogen-bond acceptors (Lipinski definition) is 4. The van der Waals surface area contributed by atoms with Crippen molar-refractivity contribution in [2.75, 3.05) is 13.2 Å². The summed E-state index contributed by atoms with van der Waals surface area (Å²) < 4.78 is 5.61. The van der Waals surface area contributed by atoms with E-state index in [-0.39, 0.29) is 30.3 Å². The topological polar surface area (TPSA) is 105 Å². The Bertz CT molecular complexity index is 1010. The molecule has 1 saturated carbocycles. The number of nitrogens with one attached hydrogen (secondary N) is 2. The van der Waals surface area contributed by atoms with Gasteiger partial charge in [-0.25, -0.2) is 9.59 Å². The fraction of sp³-hybridized carbons (Fsp3) is 0.444. The molecule has 4 rings (SSSR count). The molecule has 2 aromatic carbocycles. The Morgan fingerprint density at radius 2 is 1.62 bits per heavy atom. The van der Waals surface area contributed by atoms with Crippen LogP contribution in [0.1, 0.15) is 56.1 Å². The molecule has 0 radical (unpaired) electrons. The number of ether oxygens (including phenoxy) is 1. The number of benzene rings is 2. The fourth-order valence-electron chi connectivity index (χ4n) is 5.28. The average Bonchev–Trinajstić information content (AvgIpc) is 3.18. The van der Waals surface area contributed by atoms with Crippen molar-refractivity contribution in [1.29, 1.82) is 0 Å². The minimum absolute atomic E-state index is 0.00615. The molecule has 2 aliphatic rings. The van der Waals surface area contributed by atoms with Crippen LogP contribution in [0.15, 0.2) is 48.5 Å². The van der Waals surface area contributed by atoms with E-state index in [1.54, 1.807) is 6.92 Å². The number of hydrogen-bond donors (Lipinski definition) is 3. The summed E-state index contributed by atoms with van der Waals surface area (Å²) in [5.41, 5.74) is 4.67. The molecule has 3 N–H and O–H groups in total. The van der Waals surface area contributed by atoms with Gasteiger partial charge in [-0.15, -0.1) is 0 Å². The second-order valence-electron chi connectivity index (χ2n) is 9.17. The highest BCUT2D eigenvalue weighted by atomic mass is 16.5. The molecule has 1 unspecified atom stereocenters. The summed E-state index contributed by atoms with van der Waals surface area (Å²) in [7, 11) is 0. The van der Waals surface area contributed by atoms with Gasteiger partial charge in [0, 0.05) is 18.4 Å². The van der Waals surface area contributed by atoms with Crippen LogP contribution < -0.4 is 10.6 Å². The van der Waals surface area contributed by atoms with Crippen molar-refractivity contribution < 1.29 is 24.2 Å². The van der Waals surface area contributed by atoms with E-state index in [1.807, 2.05) is 24.3 Å². The molecule has 2 aromatic rings. The van der Waals surface area contributed by atoms with Crippen LogP contribution in [0.3, 0.4) is 0 Å². The van der Waals surface area contributed by atoms with Crippen LogP contribution in [0.5, 0.6) is 0 Å². The van der Waals surface area contributed by atoms with Crippen LogP contribution >= 0.6 is 0 Å². The number of carbonyl (C=O) groups is 3. The lowest BCUT2D eigenvalue weighted by Crippen LogP contribution is -2.47. The molecule has 0 saturated heterocycles. The smallest absolute Gasteiger partial charge is 0.407 e. The Morgan fingerprint density at radius 3 is 2.24 bits per heavy atom. The van der Waals surface area contributed by atoms with E-state index >= 15 is 0 Å². The second kappa shape index (κ2) is 10.7. The molecule has 0 spiro atoms. The minimum atomic E-state index is -1.03. The van der Waals surface area contributed by atoms with Crippen molar-refractivity contribution in [3.63, 3.8) is 0 Å². The Morgan fingerprint density at radius 1 is 1.00 bits per heavy atom. The third-order valence-electron chi connectivity index (χ3n) is 7.12. The second-order valence-corrected chi connectivity index (χ2v) is 9.17. The van der Waals surface area contributed by atoms with Crippen molar-refractivity contribution in [3.05, 3.63) is 59.7 Å². The van der Waals surface area contributed by atoms with Gasteiger partial charge in [0.05, 0.1) is 0 Å². The maximum Gasteiger partial charge on any atom is 0.407 e. The van der Waals surface area contributed by atoms with Crippen LogP contribution in [-0.4, -0.2) is 42.3 Å². The molecule has 1 fully saturated rings. The number of carbonyl (C=O) groups excluding carboxylic acids is 2. The number of alkyl carbamates (subject to hydrolysis) is 1. The van der Waals surface area contributed by atoms with Crippen molar-refractivity contribution in [2.24, 2.45) is 11.8 Å². The molecule has 0 aliphatic heterocycles. The van der Waals surface area contributed by atoms with E-state index in [1.165, 1.54) is 11.1 Å². The minimum Gasteiger partial charge on any atom is -0.480 e. The quantitative estimate of drug-likeness (QED) is 0.540. The molecule has 7 heteroatoms. The van der Waals surface area contributed by atoms with Crippen LogP contribution in [0, 0.1) is 11.8 Å². The van der Waals surface area contributed by atoms with Gasteiger partial charge in [0.1, 0.15) is 12.6 Å². The van der Waals surface area contributed by atoms with Crippen molar-refractivity contribution in [1.82, 2.24) is 10.6 Å². The normalized spacial score (nSPS) is 20.0. The molecule has 2 aliphatic carbocycles. The summed E-state index contributed by atoms with van der Waals surface area (Å²) in [5.74, 6) is -1.63. The van der Waals surface area contributed by atoms with E-state index in [4.69, 9.17) is 4.74 Å². The first kappa shape index (κ1) is 23.8. The van der Waals surface area contributed by atoms with Crippen molar-refractivity contribution in [2.45, 2.75) is 51.0 Å². The number of fused-ring (bicyclic) bond motifs is 3. The molecule has 7 nitrogen and oxygen atoms in total. The van der Waals surface area contributed by atoms with Gasteiger partial charge in [0.25, 0.3) is 0 Å². The standard InChI is InChI=1S/C27H32N2O5/c1-2-24(26(31)32)29-25(30)18-10-4-3-9-17(18)15-28-27(33)34-16-23-21-13-7-5-11-19(21)20-12-6-8-14-22(20)23/h5-8,11-14,17-18,23-24H,2-4,9-10,15-16H2,1H3,(H,28,33)(H,29,30)(H,31,32)/t17-,18-,24?/m0/s1. The fourth-order valence-corrected chi connectivity index (χ4v) is 5.28. The highest BCUT2D eigenvalue weighted by molar-refractivity contribution is 5.85. The molecule has 0 heterocycles. The first-order valence-electron chi connectivity index (χ1n) is 12.1. The van der Waals surface area contributed by atoms with Crippen LogP contribution in [0.4, 0.5) is 4.79 Å². The van der Waals surface area contributed by atoms with E-state index < -0.39 is 18.1 Å². The number of aliphatic carboxylic acids is 1. The zero-order chi connectivity index (χ0) is 24.1. The van der Waals surface area contributed by atoms with E-state index in [0.29, 0.717) is 19.4 Å². The molecule has 0 bridgehead atoms. The van der Waals surface area contributed by atoms with Gasteiger partial charge in [0.2, 0.25) is 5.91 Å². The summed E-state index contributed by atoms with van der Waals surface area (Å²) >= 11 is 0. The third-order valence-corrected chi connectivity index (χ3v) is 7.12. The van der Waals surface area contributed by atoms with E-state index in [0.717, 1.165) is 30.4 Å². The molecule has 3 atom stereocenters. The predicted octanol–water partition coefficient (Wildman–Crippen LogP) is 4.31. The lowest BCUT2D eigenvalue weighted by atomic mass is 9.78. The van der Waals surface area contributed by atoms with Gasteiger partial charge < -0.3 is 20.5 Å². The highest BCUT2D eigenvalue weighted by Gasteiger charge is 2.33. The number of rotatable bonds is 8. The van der Waals surface area contributed by atoms with E-state index in [9.17, 15) is 19.5 Å². The Labute approximate surface area is 199 Å². The first-order chi connectivity index (χ1) is 16.5. The van der Waals surface area contributed by atoms with Gasteiger partial charge in [-0.3, -0.25) is 4.79 Å². The van der Waals surface area contributed by atoms with Crippen molar-refractivity contribution in [3.8, 4) is 11.1 Å². The van der Waals surface area contributed by atoms with Gasteiger partial charge in [-0.1, -0.05) is 68.3 Å². The van der Waals surface area contributed by atoms with E-state index in [2.05, 4.69) is 34.9 Å². The lowest BCUT2D eigenvalue weighted by Gasteiger charge is -2.31. The largest absolute Gasteiger partial charge is 0.480 e. The highest BCUT2D eigenvalue weighted by Crippen LogP contribution is 2.44. The van der Waals surface area contributed by atoms with Crippen molar-refractivity contribution >= 4 is 18.0 Å². The third kappa shape index (κ3) is 5.08. The Hall–Kier alpha value is -3.35. The summed E-state index contributed by atoms with van der Waals surface area (Å²) in [6, 6.07) is 15.5. The maximum absolute atomic E-state index is 12.7. The lowest BCUT2D eigenvalue weighted by molar-refractivity contribution is -0.143.